The van der Waals surface area contributed by atoms with Gasteiger partial charge in [-0.3, -0.25) is 9.59 Å². The van der Waals surface area contributed by atoms with E-state index in [4.69, 9.17) is 5.11 Å². The number of aliphatic hydroxyl groups is 1. The zero-order valence-corrected chi connectivity index (χ0v) is 13.9. The summed E-state index contributed by atoms with van der Waals surface area (Å²) in [5, 5.41) is 18.6. The van der Waals surface area contributed by atoms with E-state index < -0.39 is 12.1 Å². The number of hydrogen-bond acceptors (Lipinski definition) is 3. The van der Waals surface area contributed by atoms with Gasteiger partial charge in [0.05, 0.1) is 6.10 Å². The molecular formula is C19H28O4. The molecular weight excluding hydrogens is 292 g/mol. The number of aliphatic carboxylic acids is 1. The van der Waals surface area contributed by atoms with Crippen molar-refractivity contribution in [3.05, 3.63) is 36.5 Å². The minimum Gasteiger partial charge on any atom is -0.481 e. The van der Waals surface area contributed by atoms with Crippen molar-refractivity contribution in [1.82, 2.24) is 0 Å². The molecule has 0 spiro atoms. The van der Waals surface area contributed by atoms with E-state index in [0.717, 1.165) is 24.8 Å². The molecule has 0 heterocycles. The fraction of sp³-hybridized carbons (Fsp3) is 0.579. The highest BCUT2D eigenvalue weighted by molar-refractivity contribution is 5.84. The van der Waals surface area contributed by atoms with Crippen LogP contribution in [0.2, 0.25) is 0 Å². The normalized spacial score (nSPS) is 25.2. The zero-order valence-electron chi connectivity index (χ0n) is 13.9. The lowest BCUT2D eigenvalue weighted by Gasteiger charge is -2.16. The topological polar surface area (TPSA) is 74.6 Å². The summed E-state index contributed by atoms with van der Waals surface area (Å²) in [6.07, 6.45) is 11.3. The quantitative estimate of drug-likeness (QED) is 0.602. The average Bonchev–Trinajstić information content (AvgIpc) is 2.77. The number of rotatable bonds is 10. The molecule has 3 atom stereocenters. The van der Waals surface area contributed by atoms with Crippen LogP contribution in [-0.4, -0.2) is 28.1 Å². The van der Waals surface area contributed by atoms with Crippen molar-refractivity contribution in [1.29, 1.82) is 0 Å². The number of ketones is 1. The van der Waals surface area contributed by atoms with E-state index in [1.165, 1.54) is 0 Å². The second kappa shape index (κ2) is 10.2. The summed E-state index contributed by atoms with van der Waals surface area (Å²) in [5.74, 6) is -1.07. The molecule has 0 aromatic rings. The van der Waals surface area contributed by atoms with Gasteiger partial charge in [-0.05, 0) is 32.1 Å². The van der Waals surface area contributed by atoms with E-state index in [0.29, 0.717) is 12.8 Å². The first-order valence-corrected chi connectivity index (χ1v) is 8.37. The fourth-order valence-corrected chi connectivity index (χ4v) is 3.04. The molecule has 1 aliphatic rings. The summed E-state index contributed by atoms with van der Waals surface area (Å²) in [7, 11) is 0. The molecule has 1 fully saturated rings. The highest BCUT2D eigenvalue weighted by Crippen LogP contribution is 2.33. The zero-order chi connectivity index (χ0) is 17.2. The van der Waals surface area contributed by atoms with E-state index in [9.17, 15) is 14.7 Å². The second-order valence-corrected chi connectivity index (χ2v) is 6.09. The number of carboxylic acids is 1. The number of carbonyl (C=O) groups is 2. The van der Waals surface area contributed by atoms with Gasteiger partial charge in [-0.15, -0.1) is 6.58 Å². The van der Waals surface area contributed by atoms with Gasteiger partial charge in [0, 0.05) is 24.7 Å². The van der Waals surface area contributed by atoms with Gasteiger partial charge in [-0.25, -0.2) is 0 Å². The van der Waals surface area contributed by atoms with Crippen molar-refractivity contribution in [2.45, 2.75) is 58.0 Å². The smallest absolute Gasteiger partial charge is 0.303 e. The van der Waals surface area contributed by atoms with Crippen molar-refractivity contribution in [3.63, 3.8) is 0 Å². The molecule has 0 amide bonds. The Balaban J connectivity index is 2.69. The SMILES string of the molecule is C=C[C@H]1[C@H](O)CC(=O)[C@@H]1C/C=C(/C/C=C\CC)CCCC(=O)O. The molecule has 0 saturated heterocycles. The van der Waals surface area contributed by atoms with Gasteiger partial charge in [0.2, 0.25) is 0 Å². The molecule has 0 radical (unpaired) electrons. The first-order chi connectivity index (χ1) is 11.0. The number of aliphatic hydroxyl groups excluding tert-OH is 1. The van der Waals surface area contributed by atoms with Crippen LogP contribution in [0.15, 0.2) is 36.5 Å². The number of Topliss-reactive ketones (excluding diaryl/α,β-unsaturated/α-hetero) is 1. The van der Waals surface area contributed by atoms with Crippen LogP contribution in [0.3, 0.4) is 0 Å². The van der Waals surface area contributed by atoms with Gasteiger partial charge in [0.15, 0.2) is 0 Å². The predicted octanol–water partition coefficient (Wildman–Crippen LogP) is 3.67. The number of hydrogen-bond donors (Lipinski definition) is 2. The Labute approximate surface area is 138 Å². The third kappa shape index (κ3) is 6.53. The van der Waals surface area contributed by atoms with E-state index in [-0.39, 0.29) is 30.5 Å². The minimum atomic E-state index is -0.783. The van der Waals surface area contributed by atoms with Crippen LogP contribution in [0.25, 0.3) is 0 Å². The molecule has 23 heavy (non-hydrogen) atoms. The van der Waals surface area contributed by atoms with Crippen LogP contribution in [0.5, 0.6) is 0 Å². The van der Waals surface area contributed by atoms with Gasteiger partial charge in [-0.1, -0.05) is 36.8 Å². The second-order valence-electron chi connectivity index (χ2n) is 6.09. The van der Waals surface area contributed by atoms with Gasteiger partial charge in [0.25, 0.3) is 0 Å². The maximum absolute atomic E-state index is 12.0. The maximum Gasteiger partial charge on any atom is 0.303 e. The monoisotopic (exact) mass is 320 g/mol. The van der Waals surface area contributed by atoms with Gasteiger partial charge < -0.3 is 10.2 Å². The van der Waals surface area contributed by atoms with Gasteiger partial charge in [-0.2, -0.15) is 0 Å². The van der Waals surface area contributed by atoms with Crippen LogP contribution < -0.4 is 0 Å². The Morgan fingerprint density at radius 2 is 2.09 bits per heavy atom. The molecule has 2 N–H and O–H groups in total. The van der Waals surface area contributed by atoms with Crippen molar-refractivity contribution < 1.29 is 19.8 Å². The van der Waals surface area contributed by atoms with Gasteiger partial charge in [0.1, 0.15) is 5.78 Å². The number of carbonyl (C=O) groups excluding carboxylic acids is 1. The average molecular weight is 320 g/mol. The maximum atomic E-state index is 12.0. The van der Waals surface area contributed by atoms with Crippen LogP contribution >= 0.6 is 0 Å². The van der Waals surface area contributed by atoms with Crippen LogP contribution in [0, 0.1) is 11.8 Å². The number of allylic oxidation sites excluding steroid dienone is 4. The highest BCUT2D eigenvalue weighted by Gasteiger charge is 2.38. The van der Waals surface area contributed by atoms with Crippen LogP contribution in [-0.2, 0) is 9.59 Å². The highest BCUT2D eigenvalue weighted by atomic mass is 16.4. The minimum absolute atomic E-state index is 0.0904. The largest absolute Gasteiger partial charge is 0.481 e. The molecule has 0 aromatic heterocycles. The van der Waals surface area contributed by atoms with E-state index >= 15 is 0 Å². The van der Waals surface area contributed by atoms with Crippen LogP contribution in [0.1, 0.15) is 51.9 Å². The molecule has 0 aromatic carbocycles. The Kier molecular flexibility index (Phi) is 8.56. The molecule has 0 bridgehead atoms. The van der Waals surface area contributed by atoms with E-state index in [1.807, 2.05) is 0 Å². The summed E-state index contributed by atoms with van der Waals surface area (Å²) in [6.45, 7) is 5.79. The fourth-order valence-electron chi connectivity index (χ4n) is 3.04. The summed E-state index contributed by atoms with van der Waals surface area (Å²) in [5.41, 5.74) is 1.16. The van der Waals surface area contributed by atoms with Crippen LogP contribution in [0.4, 0.5) is 0 Å². The molecule has 0 aliphatic heterocycles. The summed E-state index contributed by atoms with van der Waals surface area (Å²) in [6, 6.07) is 0. The summed E-state index contributed by atoms with van der Waals surface area (Å²) < 4.78 is 0. The van der Waals surface area contributed by atoms with Crippen molar-refractivity contribution in [3.8, 4) is 0 Å². The van der Waals surface area contributed by atoms with Crippen molar-refractivity contribution in [2.75, 3.05) is 0 Å². The third-order valence-corrected chi connectivity index (χ3v) is 4.34. The van der Waals surface area contributed by atoms with Gasteiger partial charge >= 0.3 is 5.97 Å². The Morgan fingerprint density at radius 1 is 1.35 bits per heavy atom. The Bertz CT molecular complexity index is 476. The number of carboxylic acid groups (broad SMARTS) is 1. The van der Waals surface area contributed by atoms with Crippen molar-refractivity contribution in [2.24, 2.45) is 11.8 Å². The molecule has 128 valence electrons. The van der Waals surface area contributed by atoms with E-state index in [2.05, 4.69) is 31.7 Å². The predicted molar refractivity (Wildman–Crippen MR) is 91.0 cm³/mol. The van der Waals surface area contributed by atoms with Crippen molar-refractivity contribution >= 4 is 11.8 Å². The summed E-state index contributed by atoms with van der Waals surface area (Å²) in [4.78, 5) is 22.7. The molecule has 0 unspecified atom stereocenters. The molecule has 1 saturated carbocycles. The molecule has 4 heteroatoms. The standard InChI is InChI=1S/C19H28O4/c1-3-5-6-8-14(9-7-10-19(22)23)11-12-16-15(4-2)17(20)13-18(16)21/h4-6,11,15-17,20H,2-3,7-10,12-13H2,1H3,(H,22,23)/b6-5-,14-11-/t15-,16-,17-/m1/s1. The Hall–Kier alpha value is -1.68. The lowest BCUT2D eigenvalue weighted by Crippen LogP contribution is -2.17. The molecule has 1 rings (SSSR count). The lowest BCUT2D eigenvalue weighted by atomic mass is 9.90. The first kappa shape index (κ1) is 19.4. The first-order valence-electron chi connectivity index (χ1n) is 8.37. The summed E-state index contributed by atoms with van der Waals surface area (Å²) >= 11 is 0. The lowest BCUT2D eigenvalue weighted by molar-refractivity contribution is -0.137. The van der Waals surface area contributed by atoms with E-state index in [1.54, 1.807) is 6.08 Å². The molecule has 4 nitrogen and oxygen atoms in total. The molecule has 1 aliphatic carbocycles. The Morgan fingerprint density at radius 3 is 2.70 bits per heavy atom. The third-order valence-electron chi connectivity index (χ3n) is 4.34.